The number of unbranched alkanes of at least 4 members (excludes halogenated alkanes) is 1. The molecule has 1 unspecified atom stereocenters. The van der Waals surface area contributed by atoms with Gasteiger partial charge in [-0.3, -0.25) is 19.2 Å². The first-order valence-corrected chi connectivity index (χ1v) is 9.22. The van der Waals surface area contributed by atoms with Crippen LogP contribution in [0.1, 0.15) is 53.4 Å². The fourth-order valence-corrected chi connectivity index (χ4v) is 2.55. The highest BCUT2D eigenvalue weighted by Crippen LogP contribution is 2.07. The van der Waals surface area contributed by atoms with Gasteiger partial charge in [-0.2, -0.15) is 0 Å². The van der Waals surface area contributed by atoms with Gasteiger partial charge in [0.25, 0.3) is 0 Å². The number of ketones is 1. The first-order valence-electron chi connectivity index (χ1n) is 9.22. The Kier molecular flexibility index (Phi) is 12.3. The SMILES string of the molecule is CCC(C)[C@H](NC)C(=O)NCC(=O)N[C@@H](CCCCNC(C)=O)C(C)=O. The minimum Gasteiger partial charge on any atom is -0.356 e. The average molecular weight is 370 g/mol. The zero-order valence-corrected chi connectivity index (χ0v) is 16.6. The molecule has 0 saturated heterocycles. The fourth-order valence-electron chi connectivity index (χ4n) is 2.55. The molecule has 3 amide bonds. The van der Waals surface area contributed by atoms with Gasteiger partial charge in [-0.1, -0.05) is 20.3 Å². The number of hydrogen-bond acceptors (Lipinski definition) is 5. The van der Waals surface area contributed by atoms with E-state index in [9.17, 15) is 19.2 Å². The first-order chi connectivity index (χ1) is 12.2. The van der Waals surface area contributed by atoms with Crippen LogP contribution in [0.25, 0.3) is 0 Å². The maximum atomic E-state index is 12.1. The highest BCUT2D eigenvalue weighted by Gasteiger charge is 2.23. The first kappa shape index (κ1) is 24.0. The van der Waals surface area contributed by atoms with Crippen molar-refractivity contribution in [2.45, 2.75) is 65.5 Å². The van der Waals surface area contributed by atoms with Crippen molar-refractivity contribution in [2.75, 3.05) is 20.1 Å². The van der Waals surface area contributed by atoms with Gasteiger partial charge >= 0.3 is 0 Å². The molecule has 0 heterocycles. The molecule has 0 aromatic carbocycles. The van der Waals surface area contributed by atoms with E-state index in [1.165, 1.54) is 13.8 Å². The molecule has 0 spiro atoms. The Balaban J connectivity index is 4.31. The highest BCUT2D eigenvalue weighted by atomic mass is 16.2. The number of amides is 3. The molecule has 8 heteroatoms. The predicted molar refractivity (Wildman–Crippen MR) is 100 cm³/mol. The van der Waals surface area contributed by atoms with Crippen molar-refractivity contribution in [3.05, 3.63) is 0 Å². The number of carbonyl (C=O) groups is 4. The van der Waals surface area contributed by atoms with Gasteiger partial charge < -0.3 is 21.3 Å². The van der Waals surface area contributed by atoms with E-state index in [2.05, 4.69) is 21.3 Å². The van der Waals surface area contributed by atoms with E-state index in [1.807, 2.05) is 13.8 Å². The second-order valence-corrected chi connectivity index (χ2v) is 6.58. The molecular weight excluding hydrogens is 336 g/mol. The van der Waals surface area contributed by atoms with Crippen LogP contribution in [0.5, 0.6) is 0 Å². The van der Waals surface area contributed by atoms with E-state index in [1.54, 1.807) is 7.05 Å². The van der Waals surface area contributed by atoms with Crippen molar-refractivity contribution in [1.29, 1.82) is 0 Å². The topological polar surface area (TPSA) is 116 Å². The molecule has 0 aliphatic rings. The monoisotopic (exact) mass is 370 g/mol. The summed E-state index contributed by atoms with van der Waals surface area (Å²) < 4.78 is 0. The summed E-state index contributed by atoms with van der Waals surface area (Å²) in [6.07, 6.45) is 2.78. The lowest BCUT2D eigenvalue weighted by atomic mass is 9.98. The summed E-state index contributed by atoms with van der Waals surface area (Å²) in [4.78, 5) is 46.7. The van der Waals surface area contributed by atoms with E-state index in [4.69, 9.17) is 0 Å². The molecular formula is C18H34N4O4. The van der Waals surface area contributed by atoms with Gasteiger partial charge in [-0.25, -0.2) is 0 Å². The molecule has 150 valence electrons. The molecule has 0 fully saturated rings. The minimum absolute atomic E-state index is 0.0885. The van der Waals surface area contributed by atoms with Crippen LogP contribution in [0, 0.1) is 5.92 Å². The largest absolute Gasteiger partial charge is 0.356 e. The number of rotatable bonds is 13. The number of Topliss-reactive ketones (excluding diaryl/α,β-unsaturated/α-hetero) is 1. The van der Waals surface area contributed by atoms with E-state index in [0.29, 0.717) is 19.4 Å². The molecule has 0 radical (unpaired) electrons. The summed E-state index contributed by atoms with van der Waals surface area (Å²) in [7, 11) is 1.71. The van der Waals surface area contributed by atoms with Crippen LogP contribution in [0.2, 0.25) is 0 Å². The third kappa shape index (κ3) is 10.1. The van der Waals surface area contributed by atoms with Gasteiger partial charge in [0.2, 0.25) is 17.7 Å². The number of hydrogen-bond donors (Lipinski definition) is 4. The van der Waals surface area contributed by atoms with E-state index in [0.717, 1.165) is 12.8 Å². The molecule has 0 aliphatic heterocycles. The van der Waals surface area contributed by atoms with Crippen LogP contribution in [0.4, 0.5) is 0 Å². The predicted octanol–water partition coefficient (Wildman–Crippen LogP) is 0.117. The van der Waals surface area contributed by atoms with Gasteiger partial charge in [-0.05, 0) is 39.2 Å². The lowest BCUT2D eigenvalue weighted by Crippen LogP contribution is -2.50. The molecule has 0 bridgehead atoms. The third-order valence-corrected chi connectivity index (χ3v) is 4.35. The zero-order chi connectivity index (χ0) is 20.1. The Hall–Kier alpha value is -1.96. The van der Waals surface area contributed by atoms with Gasteiger partial charge in [0.15, 0.2) is 5.78 Å². The standard InChI is InChI=1S/C18H34N4O4/c1-6-12(2)17(19-5)18(26)21-11-16(25)22-15(13(3)23)9-7-8-10-20-14(4)24/h12,15,17,19H,6-11H2,1-5H3,(H,20,24)(H,21,26)(H,22,25)/t12?,15-,17-/m0/s1. The molecule has 3 atom stereocenters. The molecule has 0 saturated carbocycles. The van der Waals surface area contributed by atoms with Crippen molar-refractivity contribution in [1.82, 2.24) is 21.3 Å². The lowest BCUT2D eigenvalue weighted by Gasteiger charge is -2.22. The number of likely N-dealkylation sites (N-methyl/N-ethyl adjacent to an activating group) is 1. The van der Waals surface area contributed by atoms with Crippen LogP contribution in [-0.4, -0.2) is 55.7 Å². The molecule has 0 rings (SSSR count). The molecule has 8 nitrogen and oxygen atoms in total. The zero-order valence-electron chi connectivity index (χ0n) is 16.6. The van der Waals surface area contributed by atoms with Gasteiger partial charge in [0.05, 0.1) is 18.6 Å². The fraction of sp³-hybridized carbons (Fsp3) is 0.778. The summed E-state index contributed by atoms with van der Waals surface area (Å²) in [5.74, 6) is -0.686. The normalized spacial score (nSPS) is 14.0. The smallest absolute Gasteiger partial charge is 0.239 e. The van der Waals surface area contributed by atoms with Gasteiger partial charge in [0, 0.05) is 13.5 Å². The lowest BCUT2D eigenvalue weighted by molar-refractivity contribution is -0.129. The maximum absolute atomic E-state index is 12.1. The summed E-state index contributed by atoms with van der Waals surface area (Å²) in [6.45, 7) is 7.23. The van der Waals surface area contributed by atoms with Crippen LogP contribution >= 0.6 is 0 Å². The Morgan fingerprint density at radius 1 is 1.00 bits per heavy atom. The summed E-state index contributed by atoms with van der Waals surface area (Å²) in [5.41, 5.74) is 0. The molecule has 0 aromatic heterocycles. The Morgan fingerprint density at radius 2 is 1.65 bits per heavy atom. The summed E-state index contributed by atoms with van der Waals surface area (Å²) in [5, 5.41) is 10.9. The van der Waals surface area contributed by atoms with Crippen molar-refractivity contribution in [2.24, 2.45) is 5.92 Å². The van der Waals surface area contributed by atoms with Gasteiger partial charge in [0.1, 0.15) is 0 Å². The maximum Gasteiger partial charge on any atom is 0.239 e. The van der Waals surface area contributed by atoms with Crippen LogP contribution in [0.3, 0.4) is 0 Å². The Labute approximate surface area is 156 Å². The van der Waals surface area contributed by atoms with Gasteiger partial charge in [-0.15, -0.1) is 0 Å². The minimum atomic E-state index is -0.577. The third-order valence-electron chi connectivity index (χ3n) is 4.35. The second kappa shape index (κ2) is 13.3. The molecule has 4 N–H and O–H groups in total. The molecule has 0 aromatic rings. The summed E-state index contributed by atoms with van der Waals surface area (Å²) in [6, 6.07) is -0.934. The van der Waals surface area contributed by atoms with E-state index >= 15 is 0 Å². The second-order valence-electron chi connectivity index (χ2n) is 6.58. The van der Waals surface area contributed by atoms with Crippen molar-refractivity contribution in [3.63, 3.8) is 0 Å². The average Bonchev–Trinajstić information content (AvgIpc) is 2.58. The van der Waals surface area contributed by atoms with Crippen LogP contribution in [-0.2, 0) is 19.2 Å². The highest BCUT2D eigenvalue weighted by molar-refractivity contribution is 5.91. The van der Waals surface area contributed by atoms with Crippen molar-refractivity contribution in [3.8, 4) is 0 Å². The number of nitrogens with one attached hydrogen (secondary N) is 4. The van der Waals surface area contributed by atoms with E-state index in [-0.39, 0.29) is 42.0 Å². The van der Waals surface area contributed by atoms with Crippen molar-refractivity contribution < 1.29 is 19.2 Å². The summed E-state index contributed by atoms with van der Waals surface area (Å²) >= 11 is 0. The molecule has 26 heavy (non-hydrogen) atoms. The van der Waals surface area contributed by atoms with Crippen LogP contribution in [0.15, 0.2) is 0 Å². The van der Waals surface area contributed by atoms with E-state index < -0.39 is 6.04 Å². The quantitative estimate of drug-likeness (QED) is 0.344. The Bertz CT molecular complexity index is 482. The molecule has 0 aliphatic carbocycles. The van der Waals surface area contributed by atoms with Crippen LogP contribution < -0.4 is 21.3 Å². The van der Waals surface area contributed by atoms with Crippen molar-refractivity contribution >= 4 is 23.5 Å². The Morgan fingerprint density at radius 3 is 2.15 bits per heavy atom. The number of carbonyl (C=O) groups excluding carboxylic acids is 4.